The van der Waals surface area contributed by atoms with Crippen LogP contribution in [0.15, 0.2) is 0 Å². The van der Waals surface area contributed by atoms with E-state index in [1.54, 1.807) is 6.92 Å². The molecule has 1 rings (SSSR count). The molecule has 0 saturated carbocycles. The normalized spacial score (nSPS) is 37.4. The lowest BCUT2D eigenvalue weighted by Crippen LogP contribution is -2.25. The third kappa shape index (κ3) is 2.69. The molecule has 1 heterocycles. The van der Waals surface area contributed by atoms with E-state index >= 15 is 0 Å². The summed E-state index contributed by atoms with van der Waals surface area (Å²) < 4.78 is 22.1. The quantitative estimate of drug-likeness (QED) is 0.692. The number of hydrogen-bond donors (Lipinski definition) is 0. The van der Waals surface area contributed by atoms with Crippen molar-refractivity contribution in [2.45, 2.75) is 41.0 Å². The van der Waals surface area contributed by atoms with Crippen molar-refractivity contribution in [2.24, 2.45) is 5.92 Å². The average Bonchev–Trinajstić information content (AvgIpc) is 2.12. The van der Waals surface area contributed by atoms with E-state index in [1.165, 1.54) is 0 Å². The van der Waals surface area contributed by atoms with Crippen LogP contribution in [-0.2, 0) is 9.84 Å². The Morgan fingerprint density at radius 3 is 2.07 bits per heavy atom. The minimum absolute atomic E-state index is 0.0919. The SMILES string of the molecule is CC1CC(CC(Cl)(Cl)Cl)S(=O)(=O)C1C. The molecular weight excluding hydrogens is 267 g/mol. The fourth-order valence-electron chi connectivity index (χ4n) is 1.83. The van der Waals surface area contributed by atoms with Crippen molar-refractivity contribution >= 4 is 44.6 Å². The molecule has 0 aromatic heterocycles. The van der Waals surface area contributed by atoms with Gasteiger partial charge in [0.05, 0.1) is 10.5 Å². The number of sulfone groups is 1. The van der Waals surface area contributed by atoms with Gasteiger partial charge in [0.1, 0.15) is 0 Å². The van der Waals surface area contributed by atoms with Gasteiger partial charge in [0.15, 0.2) is 13.6 Å². The topological polar surface area (TPSA) is 34.1 Å². The van der Waals surface area contributed by atoms with Crippen LogP contribution in [0, 0.1) is 5.92 Å². The van der Waals surface area contributed by atoms with Crippen molar-refractivity contribution in [2.75, 3.05) is 0 Å². The zero-order valence-electron chi connectivity index (χ0n) is 8.00. The van der Waals surface area contributed by atoms with Gasteiger partial charge in [-0.3, -0.25) is 0 Å². The summed E-state index contributed by atoms with van der Waals surface area (Å²) in [6.07, 6.45) is 0.687. The maximum atomic E-state index is 11.8. The summed E-state index contributed by atoms with van der Waals surface area (Å²) in [4.78, 5) is 0. The standard InChI is InChI=1S/C8H13Cl3O2S/c1-5-3-7(4-8(9,10)11)14(12,13)6(5)2/h5-7H,3-4H2,1-2H3. The Kier molecular flexibility index (Phi) is 3.69. The Morgan fingerprint density at radius 1 is 1.29 bits per heavy atom. The molecule has 0 aliphatic carbocycles. The summed E-state index contributed by atoms with van der Waals surface area (Å²) in [6.45, 7) is 3.64. The molecule has 84 valence electrons. The monoisotopic (exact) mass is 278 g/mol. The maximum absolute atomic E-state index is 11.8. The molecule has 0 bridgehead atoms. The summed E-state index contributed by atoms with van der Waals surface area (Å²) in [5.74, 6) is 0.150. The van der Waals surface area contributed by atoms with E-state index in [0.717, 1.165) is 0 Å². The van der Waals surface area contributed by atoms with Crippen LogP contribution in [-0.4, -0.2) is 22.7 Å². The first-order valence-corrected chi connectivity index (χ1v) is 7.18. The van der Waals surface area contributed by atoms with Crippen LogP contribution in [0.25, 0.3) is 0 Å². The molecule has 6 heteroatoms. The first-order valence-electron chi connectivity index (χ1n) is 4.44. The fourth-order valence-corrected chi connectivity index (χ4v) is 5.08. The van der Waals surface area contributed by atoms with Crippen LogP contribution in [0.2, 0.25) is 0 Å². The second-order valence-corrected chi connectivity index (χ2v) is 9.05. The van der Waals surface area contributed by atoms with E-state index in [-0.39, 0.29) is 17.6 Å². The molecule has 0 spiro atoms. The van der Waals surface area contributed by atoms with Crippen molar-refractivity contribution in [3.8, 4) is 0 Å². The maximum Gasteiger partial charge on any atom is 0.191 e. The van der Waals surface area contributed by atoms with E-state index in [1.807, 2.05) is 6.92 Å². The minimum Gasteiger partial charge on any atom is -0.228 e. The van der Waals surface area contributed by atoms with E-state index in [9.17, 15) is 8.42 Å². The molecule has 3 atom stereocenters. The van der Waals surface area contributed by atoms with Crippen LogP contribution in [0.5, 0.6) is 0 Å². The van der Waals surface area contributed by atoms with Gasteiger partial charge in [0.25, 0.3) is 0 Å². The van der Waals surface area contributed by atoms with E-state index in [2.05, 4.69) is 0 Å². The second-order valence-electron chi connectivity index (χ2n) is 3.95. The van der Waals surface area contributed by atoms with E-state index in [4.69, 9.17) is 34.8 Å². The third-order valence-corrected chi connectivity index (χ3v) is 6.13. The average molecular weight is 280 g/mol. The summed E-state index contributed by atoms with van der Waals surface area (Å²) in [7, 11) is -3.10. The first-order chi connectivity index (χ1) is 6.14. The highest BCUT2D eigenvalue weighted by molar-refractivity contribution is 7.92. The second kappa shape index (κ2) is 4.00. The molecule has 1 aliphatic rings. The highest BCUT2D eigenvalue weighted by atomic mass is 35.6. The molecule has 14 heavy (non-hydrogen) atoms. The van der Waals surface area contributed by atoms with Crippen molar-refractivity contribution in [1.82, 2.24) is 0 Å². The van der Waals surface area contributed by atoms with E-state index < -0.39 is 18.9 Å². The summed E-state index contributed by atoms with van der Waals surface area (Å²) in [5, 5.41) is -0.820. The molecule has 1 fully saturated rings. The molecule has 3 unspecified atom stereocenters. The molecule has 0 radical (unpaired) electrons. The van der Waals surface area contributed by atoms with Gasteiger partial charge in [-0.2, -0.15) is 0 Å². The summed E-state index contributed by atoms with van der Waals surface area (Å²) in [6, 6.07) is 0. The molecule has 1 saturated heterocycles. The Hall–Kier alpha value is 0.820. The van der Waals surface area contributed by atoms with Crippen molar-refractivity contribution in [3.05, 3.63) is 0 Å². The summed E-state index contributed by atoms with van der Waals surface area (Å²) >= 11 is 16.8. The number of rotatable bonds is 1. The van der Waals surface area contributed by atoms with Gasteiger partial charge in [-0.15, -0.1) is 0 Å². The van der Waals surface area contributed by atoms with Crippen molar-refractivity contribution in [1.29, 1.82) is 0 Å². The predicted octanol–water partition coefficient (Wildman–Crippen LogP) is 2.96. The van der Waals surface area contributed by atoms with Gasteiger partial charge >= 0.3 is 0 Å². The Bertz CT molecular complexity index is 307. The molecular formula is C8H13Cl3O2S. The lowest BCUT2D eigenvalue weighted by molar-refractivity contribution is 0.541. The molecule has 2 nitrogen and oxygen atoms in total. The van der Waals surface area contributed by atoms with Crippen LogP contribution >= 0.6 is 34.8 Å². The van der Waals surface area contributed by atoms with Gasteiger partial charge in [-0.25, -0.2) is 8.42 Å². The van der Waals surface area contributed by atoms with Gasteiger partial charge in [0.2, 0.25) is 0 Å². The summed E-state index contributed by atoms with van der Waals surface area (Å²) in [5.41, 5.74) is 0. The van der Waals surface area contributed by atoms with Gasteiger partial charge < -0.3 is 0 Å². The zero-order chi connectivity index (χ0) is 11.1. The van der Waals surface area contributed by atoms with Gasteiger partial charge in [0, 0.05) is 6.42 Å². The fraction of sp³-hybridized carbons (Fsp3) is 1.00. The lowest BCUT2D eigenvalue weighted by atomic mass is 10.0. The van der Waals surface area contributed by atoms with Gasteiger partial charge in [-0.1, -0.05) is 41.7 Å². The zero-order valence-corrected chi connectivity index (χ0v) is 11.1. The molecule has 0 aromatic carbocycles. The highest BCUT2D eigenvalue weighted by Gasteiger charge is 2.45. The van der Waals surface area contributed by atoms with Crippen LogP contribution in [0.3, 0.4) is 0 Å². The van der Waals surface area contributed by atoms with E-state index in [0.29, 0.717) is 6.42 Å². The van der Waals surface area contributed by atoms with Crippen molar-refractivity contribution < 1.29 is 8.42 Å². The number of halogens is 3. The molecule has 0 aromatic rings. The lowest BCUT2D eigenvalue weighted by Gasteiger charge is -2.16. The van der Waals surface area contributed by atoms with Crippen LogP contribution < -0.4 is 0 Å². The molecule has 0 N–H and O–H groups in total. The molecule has 0 amide bonds. The van der Waals surface area contributed by atoms with Gasteiger partial charge in [-0.05, 0) is 19.3 Å². The van der Waals surface area contributed by atoms with Crippen LogP contribution in [0.1, 0.15) is 26.7 Å². The minimum atomic E-state index is -3.10. The number of hydrogen-bond acceptors (Lipinski definition) is 2. The predicted molar refractivity (Wildman–Crippen MR) is 60.9 cm³/mol. The highest BCUT2D eigenvalue weighted by Crippen LogP contribution is 2.41. The van der Waals surface area contributed by atoms with Crippen LogP contribution in [0.4, 0.5) is 0 Å². The Labute approximate surface area is 99.8 Å². The third-order valence-electron chi connectivity index (χ3n) is 2.88. The first kappa shape index (κ1) is 12.9. The smallest absolute Gasteiger partial charge is 0.191 e. The largest absolute Gasteiger partial charge is 0.228 e. The van der Waals surface area contributed by atoms with Crippen molar-refractivity contribution in [3.63, 3.8) is 0 Å². The Morgan fingerprint density at radius 2 is 1.79 bits per heavy atom. The number of alkyl halides is 3. The molecule has 1 aliphatic heterocycles. The Balaban J connectivity index is 2.84.